The Morgan fingerprint density at radius 1 is 1.15 bits per heavy atom. The number of nitrogens with zero attached hydrogens (tertiary/aromatic N) is 5. The minimum Gasteiger partial charge on any atom is -0.356 e. The third kappa shape index (κ3) is 6.17. The second kappa shape index (κ2) is 10.8. The molecule has 0 atom stereocenters. The zero-order valence-corrected chi connectivity index (χ0v) is 17.9. The van der Waals surface area contributed by atoms with Crippen LogP contribution in [0.5, 0.6) is 0 Å². The second-order valence-corrected chi connectivity index (χ2v) is 5.93. The van der Waals surface area contributed by atoms with Crippen LogP contribution in [0.25, 0.3) is 5.69 Å². The number of hydrogen-bond acceptors (Lipinski definition) is 4. The summed E-state index contributed by atoms with van der Waals surface area (Å²) in [5, 5.41) is 15.2. The predicted octanol–water partition coefficient (Wildman–Crippen LogP) is 2.84. The number of halogens is 2. The summed E-state index contributed by atoms with van der Waals surface area (Å²) in [5.74, 6) is 1.51. The van der Waals surface area contributed by atoms with Crippen molar-refractivity contribution in [3.63, 3.8) is 0 Å². The van der Waals surface area contributed by atoms with Crippen molar-refractivity contribution in [1.29, 1.82) is 0 Å². The molecule has 0 aliphatic heterocycles. The number of para-hydroxylation sites is 1. The monoisotopic (exact) mass is 497 g/mol. The van der Waals surface area contributed by atoms with Crippen molar-refractivity contribution in [2.45, 2.75) is 13.0 Å². The van der Waals surface area contributed by atoms with Gasteiger partial charge in [0.15, 0.2) is 11.8 Å². The van der Waals surface area contributed by atoms with Crippen LogP contribution >= 0.6 is 35.6 Å². The highest BCUT2D eigenvalue weighted by molar-refractivity contribution is 14.0. The van der Waals surface area contributed by atoms with E-state index in [1.807, 2.05) is 41.0 Å². The molecule has 0 amide bonds. The standard InChI is InChI=1S/C18H20ClN7.HI/c1-20-18(21-10-9-14-7-8-16(19)22-11-14)23-12-17-25-24-13-26(17)15-5-3-2-4-6-15;/h2-8,11,13H,9-10,12H2,1H3,(H2,20,21,23);1H. The Bertz CT molecular complexity index is 850. The smallest absolute Gasteiger partial charge is 0.191 e. The Labute approximate surface area is 180 Å². The van der Waals surface area contributed by atoms with Gasteiger partial charge in [-0.05, 0) is 30.2 Å². The lowest BCUT2D eigenvalue weighted by Gasteiger charge is -2.12. The number of pyridine rings is 1. The molecule has 1 aromatic carbocycles. The molecule has 3 rings (SSSR count). The Kier molecular flexibility index (Phi) is 8.46. The van der Waals surface area contributed by atoms with Crippen LogP contribution in [0.4, 0.5) is 0 Å². The lowest BCUT2D eigenvalue weighted by atomic mass is 10.2. The van der Waals surface area contributed by atoms with E-state index < -0.39 is 0 Å². The SMILES string of the molecule is CN=C(NCCc1ccc(Cl)nc1)NCc1nncn1-c1ccccc1.I. The van der Waals surface area contributed by atoms with Gasteiger partial charge in [-0.3, -0.25) is 9.56 Å². The van der Waals surface area contributed by atoms with Crippen LogP contribution in [0.15, 0.2) is 60.0 Å². The molecule has 0 aliphatic carbocycles. The minimum atomic E-state index is 0. The molecule has 0 saturated heterocycles. The average Bonchev–Trinajstić information content (AvgIpc) is 3.15. The minimum absolute atomic E-state index is 0. The van der Waals surface area contributed by atoms with Crippen molar-refractivity contribution in [3.8, 4) is 5.69 Å². The Hall–Kier alpha value is -2.20. The van der Waals surface area contributed by atoms with E-state index in [0.717, 1.165) is 30.0 Å². The predicted molar refractivity (Wildman–Crippen MR) is 118 cm³/mol. The molecular formula is C18H21ClIN7. The number of hydrogen-bond donors (Lipinski definition) is 2. The summed E-state index contributed by atoms with van der Waals surface area (Å²) in [4.78, 5) is 8.31. The summed E-state index contributed by atoms with van der Waals surface area (Å²) in [6, 6.07) is 13.7. The summed E-state index contributed by atoms with van der Waals surface area (Å²) in [7, 11) is 1.74. The Morgan fingerprint density at radius 2 is 1.96 bits per heavy atom. The van der Waals surface area contributed by atoms with Gasteiger partial charge >= 0.3 is 0 Å². The first-order chi connectivity index (χ1) is 12.8. The van der Waals surface area contributed by atoms with E-state index in [-0.39, 0.29) is 24.0 Å². The topological polar surface area (TPSA) is 80.0 Å². The van der Waals surface area contributed by atoms with Gasteiger partial charge in [-0.2, -0.15) is 0 Å². The number of nitrogens with one attached hydrogen (secondary N) is 2. The number of benzene rings is 1. The third-order valence-corrected chi connectivity index (χ3v) is 4.01. The lowest BCUT2D eigenvalue weighted by Crippen LogP contribution is -2.38. The molecule has 0 fully saturated rings. The van der Waals surface area contributed by atoms with Crippen LogP contribution in [0.1, 0.15) is 11.4 Å². The van der Waals surface area contributed by atoms with Gasteiger partial charge in [0.1, 0.15) is 11.5 Å². The van der Waals surface area contributed by atoms with Crippen molar-refractivity contribution in [2.24, 2.45) is 4.99 Å². The van der Waals surface area contributed by atoms with E-state index in [2.05, 4.69) is 30.8 Å². The fourth-order valence-corrected chi connectivity index (χ4v) is 2.56. The molecule has 0 aliphatic rings. The maximum absolute atomic E-state index is 5.80. The Morgan fingerprint density at radius 3 is 2.67 bits per heavy atom. The van der Waals surface area contributed by atoms with E-state index >= 15 is 0 Å². The van der Waals surface area contributed by atoms with Crippen LogP contribution in [0.3, 0.4) is 0 Å². The van der Waals surface area contributed by atoms with Crippen LogP contribution in [0, 0.1) is 0 Å². The van der Waals surface area contributed by atoms with Crippen molar-refractivity contribution >= 4 is 41.5 Å². The van der Waals surface area contributed by atoms with E-state index in [0.29, 0.717) is 17.7 Å². The zero-order valence-electron chi connectivity index (χ0n) is 14.8. The van der Waals surface area contributed by atoms with Gasteiger partial charge in [-0.1, -0.05) is 35.9 Å². The largest absolute Gasteiger partial charge is 0.356 e. The van der Waals surface area contributed by atoms with Gasteiger partial charge in [0.25, 0.3) is 0 Å². The Balaban J connectivity index is 0.00000261. The summed E-state index contributed by atoms with van der Waals surface area (Å²) in [6.45, 7) is 1.24. The van der Waals surface area contributed by atoms with E-state index in [1.165, 1.54) is 0 Å². The van der Waals surface area contributed by atoms with Crippen molar-refractivity contribution in [1.82, 2.24) is 30.4 Å². The van der Waals surface area contributed by atoms with Crippen molar-refractivity contribution < 1.29 is 0 Å². The van der Waals surface area contributed by atoms with Crippen molar-refractivity contribution in [3.05, 3.63) is 71.5 Å². The molecule has 7 nitrogen and oxygen atoms in total. The maximum atomic E-state index is 5.80. The van der Waals surface area contributed by atoms with Gasteiger partial charge in [-0.25, -0.2) is 4.98 Å². The summed E-state index contributed by atoms with van der Waals surface area (Å²) in [6.07, 6.45) is 4.31. The van der Waals surface area contributed by atoms with Gasteiger partial charge < -0.3 is 10.6 Å². The highest BCUT2D eigenvalue weighted by Crippen LogP contribution is 2.08. The first-order valence-electron chi connectivity index (χ1n) is 8.25. The molecule has 0 bridgehead atoms. The van der Waals surface area contributed by atoms with Crippen LogP contribution in [-0.4, -0.2) is 39.3 Å². The molecule has 142 valence electrons. The first kappa shape index (κ1) is 21.1. The molecule has 0 saturated carbocycles. The molecule has 2 aromatic heterocycles. The molecule has 2 N–H and O–H groups in total. The van der Waals surface area contributed by atoms with Gasteiger partial charge in [0.05, 0.1) is 6.54 Å². The maximum Gasteiger partial charge on any atom is 0.191 e. The quantitative estimate of drug-likeness (QED) is 0.237. The molecule has 0 radical (unpaired) electrons. The molecule has 9 heteroatoms. The zero-order chi connectivity index (χ0) is 18.2. The number of rotatable bonds is 6. The highest BCUT2D eigenvalue weighted by atomic mass is 127. The van der Waals surface area contributed by atoms with Crippen LogP contribution in [-0.2, 0) is 13.0 Å². The van der Waals surface area contributed by atoms with E-state index in [1.54, 1.807) is 25.6 Å². The molecular weight excluding hydrogens is 477 g/mol. The molecule has 3 aromatic rings. The number of aliphatic imine (C=N–C) groups is 1. The van der Waals surface area contributed by atoms with Gasteiger partial charge in [0, 0.05) is 25.5 Å². The molecule has 2 heterocycles. The fourth-order valence-electron chi connectivity index (χ4n) is 2.45. The molecule has 0 spiro atoms. The van der Waals surface area contributed by atoms with E-state index in [4.69, 9.17) is 11.6 Å². The van der Waals surface area contributed by atoms with Crippen LogP contribution in [0.2, 0.25) is 5.15 Å². The normalized spacial score (nSPS) is 11.0. The number of guanidine groups is 1. The average molecular weight is 498 g/mol. The summed E-state index contributed by atoms with van der Waals surface area (Å²) in [5.41, 5.74) is 2.13. The van der Waals surface area contributed by atoms with Gasteiger partial charge in [0.2, 0.25) is 0 Å². The molecule has 0 unspecified atom stereocenters. The van der Waals surface area contributed by atoms with E-state index in [9.17, 15) is 0 Å². The first-order valence-corrected chi connectivity index (χ1v) is 8.63. The fraction of sp³-hybridized carbons (Fsp3) is 0.222. The van der Waals surface area contributed by atoms with Crippen molar-refractivity contribution in [2.75, 3.05) is 13.6 Å². The van der Waals surface area contributed by atoms with Crippen LogP contribution < -0.4 is 10.6 Å². The third-order valence-electron chi connectivity index (χ3n) is 3.79. The van der Waals surface area contributed by atoms with Gasteiger partial charge in [-0.15, -0.1) is 34.2 Å². The highest BCUT2D eigenvalue weighted by Gasteiger charge is 2.07. The molecule has 27 heavy (non-hydrogen) atoms. The lowest BCUT2D eigenvalue weighted by molar-refractivity contribution is 0.749. The summed E-state index contributed by atoms with van der Waals surface area (Å²) < 4.78 is 1.94. The number of aromatic nitrogens is 4. The summed E-state index contributed by atoms with van der Waals surface area (Å²) >= 11 is 5.80. The second-order valence-electron chi connectivity index (χ2n) is 5.54.